The predicted molar refractivity (Wildman–Crippen MR) is 513 cm³/mol. The molecule has 3 heterocycles. The van der Waals surface area contributed by atoms with Crippen molar-refractivity contribution in [1.82, 2.24) is 29.9 Å². The number of aromatic nitrogens is 6. The molecule has 3 aromatic heterocycles. The van der Waals surface area contributed by atoms with Gasteiger partial charge in [0.25, 0.3) is 0 Å². The average molecular weight is 1610 g/mol. The van der Waals surface area contributed by atoms with Crippen LogP contribution in [0, 0.1) is 0 Å². The molecule has 0 fully saturated rings. The molecule has 0 bridgehead atoms. The average Bonchev–Trinajstić information content (AvgIpc) is 1.53. The Bertz CT molecular complexity index is 7520. The van der Waals surface area contributed by atoms with E-state index in [4.69, 9.17) is 34.3 Å². The summed E-state index contributed by atoms with van der Waals surface area (Å²) in [6.07, 6.45) is 0. The van der Waals surface area contributed by atoms with Crippen LogP contribution in [0.4, 0.5) is 0 Å². The smallest absolute Gasteiger partial charge is 0.164 e. The Morgan fingerprint density at radius 1 is 0.167 bits per heavy atom. The molecule has 0 unspecified atom stereocenters. The van der Waals surface area contributed by atoms with Crippen molar-refractivity contribution in [3.8, 4) is 146 Å². The first-order chi connectivity index (χ1) is 62.2. The summed E-state index contributed by atoms with van der Waals surface area (Å²) in [5.41, 5.74) is 35.4. The second kappa shape index (κ2) is 30.7. The Hall–Kier alpha value is -16.2. The second-order valence-electron chi connectivity index (χ2n) is 33.5. The first-order valence-electron chi connectivity index (χ1n) is 43.1. The number of benzene rings is 18. The van der Waals surface area contributed by atoms with Crippen LogP contribution in [0.5, 0.6) is 0 Å². The van der Waals surface area contributed by atoms with Gasteiger partial charge >= 0.3 is 0 Å². The van der Waals surface area contributed by atoms with E-state index in [0.717, 1.165) is 55.3 Å². The lowest BCUT2D eigenvalue weighted by Gasteiger charge is -2.35. The minimum atomic E-state index is -0.633. The lowest BCUT2D eigenvalue weighted by molar-refractivity contribution is 0.656. The molecule has 592 valence electrons. The molecular formula is C119H80N6O. The molecule has 0 saturated carbocycles. The summed E-state index contributed by atoms with van der Waals surface area (Å²) < 4.78 is 6.72. The monoisotopic (exact) mass is 1610 g/mol. The van der Waals surface area contributed by atoms with E-state index in [1.807, 2.05) is 97.1 Å². The van der Waals surface area contributed by atoms with Crippen LogP contribution in [0.15, 0.2) is 453 Å². The van der Waals surface area contributed by atoms with Gasteiger partial charge in [0.15, 0.2) is 34.9 Å². The van der Waals surface area contributed by atoms with Crippen LogP contribution in [0.3, 0.4) is 0 Å². The zero-order valence-corrected chi connectivity index (χ0v) is 69.3. The molecule has 21 aromatic rings. The highest BCUT2D eigenvalue weighted by Gasteiger charge is 2.49. The molecule has 0 aliphatic heterocycles. The number of furan rings is 1. The van der Waals surface area contributed by atoms with E-state index in [1.165, 1.54) is 134 Å². The van der Waals surface area contributed by atoms with Gasteiger partial charge in [0.1, 0.15) is 11.2 Å². The second-order valence-corrected chi connectivity index (χ2v) is 33.5. The fraction of sp³-hybridized carbons (Fsp3) is 0.0420. The van der Waals surface area contributed by atoms with Crippen LogP contribution in [-0.2, 0) is 16.2 Å². The molecule has 18 aromatic carbocycles. The molecule has 0 N–H and O–H groups in total. The van der Waals surface area contributed by atoms with Gasteiger partial charge in [-0.1, -0.05) is 402 Å². The summed E-state index contributed by atoms with van der Waals surface area (Å²) >= 11 is 0. The third kappa shape index (κ3) is 12.6. The number of nitrogens with zero attached hydrogens (tertiary/aromatic N) is 6. The molecule has 126 heavy (non-hydrogen) atoms. The molecule has 7 heteroatoms. The largest absolute Gasteiger partial charge is 0.456 e. The fourth-order valence-electron chi connectivity index (χ4n) is 20.1. The minimum Gasteiger partial charge on any atom is -0.456 e. The van der Waals surface area contributed by atoms with Gasteiger partial charge in [-0.2, -0.15) is 0 Å². The van der Waals surface area contributed by atoms with Crippen LogP contribution in [0.2, 0.25) is 0 Å². The summed E-state index contributed by atoms with van der Waals surface area (Å²) in [5.74, 6) is 3.82. The topological polar surface area (TPSA) is 90.5 Å². The zero-order valence-electron chi connectivity index (χ0n) is 69.3. The van der Waals surface area contributed by atoms with Gasteiger partial charge in [0, 0.05) is 49.6 Å². The van der Waals surface area contributed by atoms with Crippen molar-refractivity contribution in [1.29, 1.82) is 0 Å². The van der Waals surface area contributed by atoms with Crippen LogP contribution in [-0.4, -0.2) is 29.9 Å². The van der Waals surface area contributed by atoms with Crippen LogP contribution in [0.1, 0.15) is 69.5 Å². The van der Waals surface area contributed by atoms with Crippen molar-refractivity contribution in [3.05, 3.63) is 505 Å². The van der Waals surface area contributed by atoms with Gasteiger partial charge in [-0.15, -0.1) is 0 Å². The van der Waals surface area contributed by atoms with Gasteiger partial charge in [0.2, 0.25) is 0 Å². The van der Waals surface area contributed by atoms with Crippen molar-refractivity contribution in [2.45, 2.75) is 30.1 Å². The summed E-state index contributed by atoms with van der Waals surface area (Å²) in [6.45, 7) is 4.74. The number of hydrogen-bond acceptors (Lipinski definition) is 7. The molecular weight excluding hydrogens is 1530 g/mol. The van der Waals surface area contributed by atoms with Crippen molar-refractivity contribution in [3.63, 3.8) is 0 Å². The van der Waals surface area contributed by atoms with Crippen molar-refractivity contribution < 1.29 is 4.42 Å². The summed E-state index contributed by atoms with van der Waals surface area (Å²) in [4.78, 5) is 30.1. The first-order valence-corrected chi connectivity index (χ1v) is 43.1. The molecule has 0 atom stereocenters. The van der Waals surface area contributed by atoms with E-state index in [0.29, 0.717) is 34.9 Å². The third-order valence-electron chi connectivity index (χ3n) is 26.0. The van der Waals surface area contributed by atoms with Gasteiger partial charge in [-0.3, -0.25) is 0 Å². The van der Waals surface area contributed by atoms with E-state index >= 15 is 0 Å². The van der Waals surface area contributed by atoms with Crippen molar-refractivity contribution in [2.75, 3.05) is 0 Å². The third-order valence-corrected chi connectivity index (χ3v) is 26.0. The first kappa shape index (κ1) is 74.8. The maximum Gasteiger partial charge on any atom is 0.164 e. The van der Waals surface area contributed by atoms with Gasteiger partial charge in [0.05, 0.1) is 10.8 Å². The van der Waals surface area contributed by atoms with E-state index in [9.17, 15) is 0 Å². The van der Waals surface area contributed by atoms with E-state index in [-0.39, 0.29) is 5.41 Å². The standard InChI is InChI=1S/C61H43N3.C58H37N3O/c1-60(2)55-38-46(59-63-57(41-20-8-4-9-21-41)62-58(64-59)42-22-10-5-11-23-42)32-34-51(55)52-35-33-48(39-56(52)60)61(53-30-14-12-28-49(53)50-29-13-15-31-54(50)61)47-27-17-26-45(37-47)44-25-16-24-43(36-44)40-18-6-3-7-19-40;1-5-17-38(18-6-1)43-33-44(39-19-7-2-8-20-39)35-46(34-43)58(51-27-15-13-25-47(51)48-26-14-16-28-52(48)58)45-30-32-53-50(37-45)49-31-29-42(36-54(49)62-53)57-60-55(40-21-9-3-10-22-40)59-56(61-57)41-23-11-4-12-24-41/h3-39H,1-2H3;1-37H. The molecule has 24 rings (SSSR count). The van der Waals surface area contributed by atoms with Crippen LogP contribution in [0.25, 0.3) is 168 Å². The fourth-order valence-corrected chi connectivity index (χ4v) is 20.1. The minimum absolute atomic E-state index is 0.313. The molecule has 7 nitrogen and oxygen atoms in total. The molecule has 0 spiro atoms. The zero-order chi connectivity index (χ0) is 83.9. The Kier molecular flexibility index (Phi) is 18.2. The number of hydrogen-bond donors (Lipinski definition) is 0. The summed E-state index contributed by atoms with van der Waals surface area (Å²) in [6, 6.07) is 161. The maximum atomic E-state index is 6.72. The lowest BCUT2D eigenvalue weighted by Crippen LogP contribution is -2.29. The Morgan fingerprint density at radius 2 is 0.460 bits per heavy atom. The molecule has 0 radical (unpaired) electrons. The maximum absolute atomic E-state index is 6.72. The van der Waals surface area contributed by atoms with E-state index in [2.05, 4.69) is 366 Å². The van der Waals surface area contributed by atoms with Gasteiger partial charge in [-0.05, 0) is 194 Å². The molecule has 3 aliphatic carbocycles. The summed E-state index contributed by atoms with van der Waals surface area (Å²) in [7, 11) is 0. The Labute approximate surface area is 732 Å². The van der Waals surface area contributed by atoms with Crippen molar-refractivity contribution >= 4 is 21.9 Å². The molecule has 0 saturated heterocycles. The van der Waals surface area contributed by atoms with Crippen LogP contribution < -0.4 is 0 Å². The Balaban J connectivity index is 0.000000145. The highest BCUT2D eigenvalue weighted by Crippen LogP contribution is 2.61. The predicted octanol–water partition coefficient (Wildman–Crippen LogP) is 29.3. The SMILES string of the molecule is CC1(C)c2cc(-c3nc(-c4ccccc4)nc(-c4ccccc4)n3)ccc2-c2ccc(C3(c4cccc(-c5cccc(-c6ccccc6)c5)c4)c4ccccc4-c4ccccc43)cc21.c1ccc(-c2cc(-c3ccccc3)cc(C3(c4ccc5oc6cc(-c7nc(-c8ccccc8)nc(-c8ccccc8)n7)ccc6c5c4)c4ccccc4-c4ccccc43)c2)cc1. The highest BCUT2D eigenvalue weighted by atomic mass is 16.3. The number of fused-ring (bicyclic) bond motifs is 12. The quantitative estimate of drug-likeness (QED) is 0.107. The number of rotatable bonds is 14. The molecule has 3 aliphatic rings. The van der Waals surface area contributed by atoms with Crippen molar-refractivity contribution in [2.24, 2.45) is 0 Å². The van der Waals surface area contributed by atoms with E-state index in [1.54, 1.807) is 0 Å². The lowest BCUT2D eigenvalue weighted by atomic mass is 9.66. The van der Waals surface area contributed by atoms with E-state index < -0.39 is 10.8 Å². The molecule has 0 amide bonds. The normalized spacial score (nSPS) is 13.2. The van der Waals surface area contributed by atoms with Crippen LogP contribution >= 0.6 is 0 Å². The highest BCUT2D eigenvalue weighted by molar-refractivity contribution is 6.07. The van der Waals surface area contributed by atoms with Gasteiger partial charge in [-0.25, -0.2) is 29.9 Å². The van der Waals surface area contributed by atoms with Gasteiger partial charge < -0.3 is 4.42 Å². The Morgan fingerprint density at radius 3 is 0.913 bits per heavy atom. The summed E-state index contributed by atoms with van der Waals surface area (Å²) in [5, 5.41) is 2.09.